The SMILES string of the molecule is Br.CCCCCCCC(CC)N(C)C. The average molecular weight is 266 g/mol. The molecule has 0 aromatic rings. The Kier molecular flexibility index (Phi) is 13.9. The van der Waals surface area contributed by atoms with Gasteiger partial charge in [0.25, 0.3) is 0 Å². The third kappa shape index (κ3) is 9.01. The highest BCUT2D eigenvalue weighted by Crippen LogP contribution is 2.11. The fourth-order valence-electron chi connectivity index (χ4n) is 1.81. The number of unbranched alkanes of at least 4 members (excludes halogenated alkanes) is 4. The van der Waals surface area contributed by atoms with E-state index in [2.05, 4.69) is 32.8 Å². The van der Waals surface area contributed by atoms with E-state index in [-0.39, 0.29) is 17.0 Å². The first-order chi connectivity index (χ1) is 6.22. The molecule has 0 aliphatic carbocycles. The maximum atomic E-state index is 2.36. The molecule has 0 bridgehead atoms. The van der Waals surface area contributed by atoms with Crippen molar-refractivity contribution in [1.82, 2.24) is 4.90 Å². The van der Waals surface area contributed by atoms with Gasteiger partial charge in [0.05, 0.1) is 0 Å². The van der Waals surface area contributed by atoms with E-state index in [1.165, 1.54) is 44.9 Å². The Labute approximate surface area is 101 Å². The van der Waals surface area contributed by atoms with E-state index in [1.807, 2.05) is 0 Å². The molecule has 0 aliphatic rings. The van der Waals surface area contributed by atoms with Crippen LogP contribution in [0.4, 0.5) is 0 Å². The lowest BCUT2D eigenvalue weighted by molar-refractivity contribution is 0.264. The Balaban J connectivity index is 0. The molecule has 0 aromatic heterocycles. The molecule has 1 nitrogen and oxygen atoms in total. The molecular formula is C12H28BrN. The number of nitrogens with zero attached hydrogens (tertiary/aromatic N) is 1. The van der Waals surface area contributed by atoms with E-state index in [1.54, 1.807) is 0 Å². The van der Waals surface area contributed by atoms with E-state index in [0.717, 1.165) is 6.04 Å². The number of rotatable bonds is 8. The highest BCUT2D eigenvalue weighted by Gasteiger charge is 2.07. The van der Waals surface area contributed by atoms with Gasteiger partial charge in [-0.1, -0.05) is 46.0 Å². The first kappa shape index (κ1) is 16.9. The Bertz CT molecular complexity index is 104. The molecule has 0 aliphatic heterocycles. The maximum absolute atomic E-state index is 2.36. The number of hydrogen-bond donors (Lipinski definition) is 0. The monoisotopic (exact) mass is 265 g/mol. The van der Waals surface area contributed by atoms with E-state index >= 15 is 0 Å². The largest absolute Gasteiger partial charge is 0.306 e. The minimum absolute atomic E-state index is 0. The molecule has 0 fully saturated rings. The molecule has 1 atom stereocenters. The Morgan fingerprint density at radius 3 is 1.93 bits per heavy atom. The van der Waals surface area contributed by atoms with Gasteiger partial charge in [-0.15, -0.1) is 17.0 Å². The van der Waals surface area contributed by atoms with Crippen molar-refractivity contribution < 1.29 is 0 Å². The minimum Gasteiger partial charge on any atom is -0.306 e. The smallest absolute Gasteiger partial charge is 0.00865 e. The molecular weight excluding hydrogens is 238 g/mol. The molecule has 0 spiro atoms. The molecule has 0 saturated carbocycles. The zero-order valence-corrected chi connectivity index (χ0v) is 12.1. The molecule has 0 amide bonds. The quantitative estimate of drug-likeness (QED) is 0.593. The molecule has 0 rings (SSSR count). The minimum atomic E-state index is 0. The first-order valence-electron chi connectivity index (χ1n) is 5.88. The lowest BCUT2D eigenvalue weighted by atomic mass is 10.0. The lowest BCUT2D eigenvalue weighted by Crippen LogP contribution is -2.26. The van der Waals surface area contributed by atoms with Crippen molar-refractivity contribution in [1.29, 1.82) is 0 Å². The van der Waals surface area contributed by atoms with E-state index < -0.39 is 0 Å². The van der Waals surface area contributed by atoms with Gasteiger partial charge in [-0.05, 0) is 26.9 Å². The van der Waals surface area contributed by atoms with Crippen LogP contribution in [0.2, 0.25) is 0 Å². The van der Waals surface area contributed by atoms with Crippen molar-refractivity contribution in [2.75, 3.05) is 14.1 Å². The summed E-state index contributed by atoms with van der Waals surface area (Å²) in [6, 6.07) is 0.807. The van der Waals surface area contributed by atoms with E-state index in [9.17, 15) is 0 Å². The zero-order chi connectivity index (χ0) is 10.1. The maximum Gasteiger partial charge on any atom is 0.00865 e. The molecule has 88 valence electrons. The molecule has 0 saturated heterocycles. The van der Waals surface area contributed by atoms with Crippen molar-refractivity contribution in [3.05, 3.63) is 0 Å². The van der Waals surface area contributed by atoms with Gasteiger partial charge in [0, 0.05) is 6.04 Å². The van der Waals surface area contributed by atoms with Gasteiger partial charge < -0.3 is 4.90 Å². The molecule has 0 N–H and O–H groups in total. The fourth-order valence-corrected chi connectivity index (χ4v) is 1.81. The fraction of sp³-hybridized carbons (Fsp3) is 1.00. The van der Waals surface area contributed by atoms with Crippen LogP contribution >= 0.6 is 17.0 Å². The van der Waals surface area contributed by atoms with Crippen LogP contribution in [0.5, 0.6) is 0 Å². The highest BCUT2D eigenvalue weighted by atomic mass is 79.9. The molecule has 0 radical (unpaired) electrons. The predicted octanol–water partition coefficient (Wildman–Crippen LogP) is 4.27. The highest BCUT2D eigenvalue weighted by molar-refractivity contribution is 8.93. The van der Waals surface area contributed by atoms with Crippen molar-refractivity contribution in [2.24, 2.45) is 0 Å². The zero-order valence-electron chi connectivity index (χ0n) is 10.4. The summed E-state index contributed by atoms with van der Waals surface area (Å²) in [5, 5.41) is 0. The summed E-state index contributed by atoms with van der Waals surface area (Å²) >= 11 is 0. The Morgan fingerprint density at radius 1 is 0.929 bits per heavy atom. The van der Waals surface area contributed by atoms with Crippen LogP contribution in [-0.2, 0) is 0 Å². The summed E-state index contributed by atoms with van der Waals surface area (Å²) in [4.78, 5) is 2.36. The van der Waals surface area contributed by atoms with Crippen LogP contribution in [-0.4, -0.2) is 25.0 Å². The van der Waals surface area contributed by atoms with Gasteiger partial charge in [0.15, 0.2) is 0 Å². The van der Waals surface area contributed by atoms with Crippen molar-refractivity contribution in [3.63, 3.8) is 0 Å². The summed E-state index contributed by atoms with van der Waals surface area (Å²) in [7, 11) is 4.39. The summed E-state index contributed by atoms with van der Waals surface area (Å²) in [6.45, 7) is 4.56. The van der Waals surface area contributed by atoms with Crippen LogP contribution in [0, 0.1) is 0 Å². The van der Waals surface area contributed by atoms with Gasteiger partial charge in [0.2, 0.25) is 0 Å². The van der Waals surface area contributed by atoms with Crippen LogP contribution in [0.15, 0.2) is 0 Å². The van der Waals surface area contributed by atoms with Gasteiger partial charge in [-0.2, -0.15) is 0 Å². The summed E-state index contributed by atoms with van der Waals surface area (Å²) < 4.78 is 0. The van der Waals surface area contributed by atoms with Crippen molar-refractivity contribution in [3.8, 4) is 0 Å². The third-order valence-electron chi connectivity index (χ3n) is 2.84. The van der Waals surface area contributed by atoms with Crippen LogP contribution in [0.25, 0.3) is 0 Å². The lowest BCUT2D eigenvalue weighted by Gasteiger charge is -2.22. The normalized spacial score (nSPS) is 12.6. The number of hydrogen-bond acceptors (Lipinski definition) is 1. The standard InChI is InChI=1S/C12H27N.BrH/c1-5-7-8-9-10-11-12(6-2)13(3)4;/h12H,5-11H2,1-4H3;1H. The van der Waals surface area contributed by atoms with Gasteiger partial charge in [0.1, 0.15) is 0 Å². The molecule has 1 unspecified atom stereocenters. The van der Waals surface area contributed by atoms with Gasteiger partial charge in [-0.25, -0.2) is 0 Å². The molecule has 0 heterocycles. The van der Waals surface area contributed by atoms with Crippen LogP contribution in [0.3, 0.4) is 0 Å². The summed E-state index contributed by atoms with van der Waals surface area (Å²) in [6.07, 6.45) is 9.72. The number of halogens is 1. The first-order valence-corrected chi connectivity index (χ1v) is 5.88. The van der Waals surface area contributed by atoms with Crippen LogP contribution < -0.4 is 0 Å². The van der Waals surface area contributed by atoms with Crippen molar-refractivity contribution in [2.45, 2.75) is 64.8 Å². The van der Waals surface area contributed by atoms with E-state index in [4.69, 9.17) is 0 Å². The Morgan fingerprint density at radius 2 is 1.50 bits per heavy atom. The topological polar surface area (TPSA) is 3.24 Å². The van der Waals surface area contributed by atoms with Gasteiger partial charge in [-0.3, -0.25) is 0 Å². The second kappa shape index (κ2) is 11.5. The second-order valence-corrected chi connectivity index (χ2v) is 4.23. The van der Waals surface area contributed by atoms with E-state index in [0.29, 0.717) is 0 Å². The van der Waals surface area contributed by atoms with Gasteiger partial charge >= 0.3 is 0 Å². The Hall–Kier alpha value is 0.440. The summed E-state index contributed by atoms with van der Waals surface area (Å²) in [5.41, 5.74) is 0. The average Bonchev–Trinajstić information content (AvgIpc) is 2.10. The molecule has 0 aromatic carbocycles. The molecule has 14 heavy (non-hydrogen) atoms. The third-order valence-corrected chi connectivity index (χ3v) is 2.84. The summed E-state index contributed by atoms with van der Waals surface area (Å²) in [5.74, 6) is 0. The van der Waals surface area contributed by atoms with Crippen LogP contribution in [0.1, 0.15) is 58.8 Å². The van der Waals surface area contributed by atoms with Crippen molar-refractivity contribution >= 4 is 17.0 Å². The second-order valence-electron chi connectivity index (χ2n) is 4.23. The predicted molar refractivity (Wildman–Crippen MR) is 71.5 cm³/mol. The molecule has 2 heteroatoms.